The third-order valence-electron chi connectivity index (χ3n) is 5.65. The van der Waals surface area contributed by atoms with Gasteiger partial charge in [0.1, 0.15) is 11.6 Å². The van der Waals surface area contributed by atoms with Crippen LogP contribution in [0.4, 0.5) is 17.3 Å². The van der Waals surface area contributed by atoms with Crippen molar-refractivity contribution in [3.8, 4) is 0 Å². The Kier molecular flexibility index (Phi) is 4.81. The molecule has 1 aromatic heterocycles. The molecule has 1 aromatic carbocycles. The molecule has 4 rings (SSSR count). The number of allylic oxidation sites excluding steroid dienone is 2. The van der Waals surface area contributed by atoms with Crippen LogP contribution in [-0.4, -0.2) is 36.1 Å². The van der Waals surface area contributed by atoms with E-state index in [1.165, 1.54) is 11.8 Å². The Hall–Kier alpha value is -2.54. The number of carbonyl (C=O) groups is 1. The van der Waals surface area contributed by atoms with Gasteiger partial charge in [0.15, 0.2) is 10.9 Å². The van der Waals surface area contributed by atoms with Gasteiger partial charge in [0.05, 0.1) is 0 Å². The van der Waals surface area contributed by atoms with Gasteiger partial charge in [0, 0.05) is 49.0 Å². The monoisotopic (exact) mass is 409 g/mol. The lowest BCUT2D eigenvalue weighted by atomic mass is 9.69. The van der Waals surface area contributed by atoms with E-state index in [0.717, 1.165) is 34.5 Å². The molecule has 0 bridgehead atoms. The summed E-state index contributed by atoms with van der Waals surface area (Å²) in [5.74, 6) is 1.06. The summed E-state index contributed by atoms with van der Waals surface area (Å²) in [4.78, 5) is 24.5. The van der Waals surface area contributed by atoms with E-state index in [1.807, 2.05) is 20.4 Å². The maximum absolute atomic E-state index is 13.3. The van der Waals surface area contributed by atoms with Crippen molar-refractivity contribution >= 4 is 34.9 Å². The minimum absolute atomic E-state index is 0.0827. The summed E-state index contributed by atoms with van der Waals surface area (Å²) in [5, 5.41) is 4.06. The first-order valence-corrected chi connectivity index (χ1v) is 10.9. The van der Waals surface area contributed by atoms with Crippen molar-refractivity contribution in [1.82, 2.24) is 9.97 Å². The van der Waals surface area contributed by atoms with Crippen LogP contribution in [0.1, 0.15) is 43.7 Å². The van der Waals surface area contributed by atoms with Crippen LogP contribution in [0.15, 0.2) is 40.7 Å². The predicted molar refractivity (Wildman–Crippen MR) is 120 cm³/mol. The predicted octanol–water partition coefficient (Wildman–Crippen LogP) is 4.05. The average Bonchev–Trinajstić information content (AvgIpc) is 2.65. The molecule has 0 unspecified atom stereocenters. The number of hydrogen-bond donors (Lipinski definition) is 2. The van der Waals surface area contributed by atoms with E-state index in [4.69, 9.17) is 5.73 Å². The summed E-state index contributed by atoms with van der Waals surface area (Å²) in [7, 11) is 4.02. The van der Waals surface area contributed by atoms with E-state index >= 15 is 0 Å². The Labute approximate surface area is 176 Å². The lowest BCUT2D eigenvalue weighted by molar-refractivity contribution is -0.118. The highest BCUT2D eigenvalue weighted by Gasteiger charge is 2.42. The van der Waals surface area contributed by atoms with Crippen molar-refractivity contribution in [3.63, 3.8) is 0 Å². The van der Waals surface area contributed by atoms with E-state index in [9.17, 15) is 4.79 Å². The first kappa shape index (κ1) is 19.8. The van der Waals surface area contributed by atoms with Gasteiger partial charge in [-0.15, -0.1) is 0 Å². The summed E-state index contributed by atoms with van der Waals surface area (Å²) in [6.45, 7) is 4.27. The van der Waals surface area contributed by atoms with Crippen molar-refractivity contribution in [1.29, 1.82) is 0 Å². The molecular weight excluding hydrogens is 382 g/mol. The second kappa shape index (κ2) is 7.06. The van der Waals surface area contributed by atoms with Crippen molar-refractivity contribution in [3.05, 3.63) is 46.7 Å². The van der Waals surface area contributed by atoms with E-state index in [2.05, 4.69) is 58.3 Å². The van der Waals surface area contributed by atoms with Gasteiger partial charge in [-0.2, -0.15) is 0 Å². The normalized spacial score (nSPS) is 20.0. The Morgan fingerprint density at radius 1 is 1.17 bits per heavy atom. The highest BCUT2D eigenvalue weighted by molar-refractivity contribution is 7.98. The van der Waals surface area contributed by atoms with Crippen LogP contribution >= 0.6 is 11.8 Å². The SMILES string of the molecule is CSc1nc(N)c2c(n1)NC1=C(C(=O)CC(C)(C)C1)[C@@H]2c1ccc(N(C)C)cc1. The largest absolute Gasteiger partial charge is 0.383 e. The fourth-order valence-electron chi connectivity index (χ4n) is 4.30. The Morgan fingerprint density at radius 3 is 2.48 bits per heavy atom. The number of Topliss-reactive ketones (excluding diaryl/α,β-unsaturated/α-hetero) is 1. The van der Waals surface area contributed by atoms with Gasteiger partial charge in [-0.05, 0) is 35.8 Å². The van der Waals surface area contributed by atoms with E-state index in [-0.39, 0.29) is 17.1 Å². The van der Waals surface area contributed by atoms with Gasteiger partial charge in [0.25, 0.3) is 0 Å². The first-order valence-electron chi connectivity index (χ1n) is 9.72. The number of thioether (sulfide) groups is 1. The molecule has 1 aliphatic carbocycles. The number of ketones is 1. The van der Waals surface area contributed by atoms with Crippen LogP contribution in [0.25, 0.3) is 0 Å². The van der Waals surface area contributed by atoms with Crippen LogP contribution in [0, 0.1) is 5.41 Å². The van der Waals surface area contributed by atoms with Crippen LogP contribution in [0.3, 0.4) is 0 Å². The molecule has 2 aliphatic rings. The van der Waals surface area contributed by atoms with Gasteiger partial charge in [-0.3, -0.25) is 4.79 Å². The summed E-state index contributed by atoms with van der Waals surface area (Å²) in [5.41, 5.74) is 11.0. The van der Waals surface area contributed by atoms with Gasteiger partial charge in [-0.1, -0.05) is 37.7 Å². The van der Waals surface area contributed by atoms with Gasteiger partial charge in [-0.25, -0.2) is 9.97 Å². The van der Waals surface area contributed by atoms with Crippen molar-refractivity contribution in [2.24, 2.45) is 5.41 Å². The maximum Gasteiger partial charge on any atom is 0.191 e. The van der Waals surface area contributed by atoms with Crippen molar-refractivity contribution < 1.29 is 4.79 Å². The molecule has 1 atom stereocenters. The topological polar surface area (TPSA) is 84.1 Å². The van der Waals surface area contributed by atoms with E-state index < -0.39 is 0 Å². The summed E-state index contributed by atoms with van der Waals surface area (Å²) in [6.07, 6.45) is 3.26. The number of nitrogens with zero attached hydrogens (tertiary/aromatic N) is 3. The summed E-state index contributed by atoms with van der Waals surface area (Å²) in [6, 6.07) is 8.30. The van der Waals surface area contributed by atoms with Crippen LogP contribution in [-0.2, 0) is 4.79 Å². The molecule has 0 saturated carbocycles. The molecule has 152 valence electrons. The molecular formula is C22H27N5OS. The molecule has 0 fully saturated rings. The Morgan fingerprint density at radius 2 is 1.86 bits per heavy atom. The molecule has 3 N–H and O–H groups in total. The second-order valence-electron chi connectivity index (χ2n) is 8.73. The van der Waals surface area contributed by atoms with Gasteiger partial charge in [0.2, 0.25) is 0 Å². The zero-order valence-electron chi connectivity index (χ0n) is 17.5. The van der Waals surface area contributed by atoms with Crippen LogP contribution in [0.5, 0.6) is 0 Å². The number of nitrogen functional groups attached to an aromatic ring is 1. The minimum atomic E-state index is -0.253. The summed E-state index contributed by atoms with van der Waals surface area (Å²) < 4.78 is 0. The first-order chi connectivity index (χ1) is 13.7. The zero-order chi connectivity index (χ0) is 20.9. The summed E-state index contributed by atoms with van der Waals surface area (Å²) >= 11 is 1.46. The number of hydrogen-bond acceptors (Lipinski definition) is 7. The molecule has 0 saturated heterocycles. The number of rotatable bonds is 3. The molecule has 7 heteroatoms. The van der Waals surface area contributed by atoms with Crippen LogP contribution < -0.4 is 16.0 Å². The number of carbonyl (C=O) groups excluding carboxylic acids is 1. The smallest absolute Gasteiger partial charge is 0.191 e. The fraction of sp³-hybridized carbons (Fsp3) is 0.409. The number of benzene rings is 1. The van der Waals surface area contributed by atoms with Crippen LogP contribution in [0.2, 0.25) is 0 Å². The fourth-order valence-corrected chi connectivity index (χ4v) is 4.68. The number of aromatic nitrogens is 2. The van der Waals surface area contributed by atoms with Gasteiger partial charge < -0.3 is 16.0 Å². The molecule has 6 nitrogen and oxygen atoms in total. The van der Waals surface area contributed by atoms with E-state index in [0.29, 0.717) is 23.2 Å². The average molecular weight is 410 g/mol. The highest BCUT2D eigenvalue weighted by Crippen LogP contribution is 2.50. The Bertz CT molecular complexity index is 1010. The number of nitrogens with one attached hydrogen (secondary N) is 1. The second-order valence-corrected chi connectivity index (χ2v) is 9.51. The van der Waals surface area contributed by atoms with Crippen molar-refractivity contribution in [2.75, 3.05) is 36.3 Å². The molecule has 2 aromatic rings. The molecule has 0 spiro atoms. The number of fused-ring (bicyclic) bond motifs is 1. The number of nitrogens with two attached hydrogens (primary N) is 1. The highest BCUT2D eigenvalue weighted by atomic mass is 32.2. The third-order valence-corrected chi connectivity index (χ3v) is 6.19. The molecule has 2 heterocycles. The molecule has 1 aliphatic heterocycles. The quantitative estimate of drug-likeness (QED) is 0.584. The number of anilines is 3. The lowest BCUT2D eigenvalue weighted by Crippen LogP contribution is -2.34. The molecule has 29 heavy (non-hydrogen) atoms. The zero-order valence-corrected chi connectivity index (χ0v) is 18.4. The van der Waals surface area contributed by atoms with E-state index in [1.54, 1.807) is 0 Å². The Balaban J connectivity index is 1.92. The van der Waals surface area contributed by atoms with Gasteiger partial charge >= 0.3 is 0 Å². The molecule has 0 radical (unpaired) electrons. The lowest BCUT2D eigenvalue weighted by Gasteiger charge is -2.39. The standard InChI is InChI=1S/C22H27N5OS/c1-22(2)10-14-17(15(28)11-22)16(12-6-8-13(9-7-12)27(3)4)18-19(23)25-21(29-5)26-20(18)24-14/h6-9,16H,10-11H2,1-5H3,(H3,23,24,25,26)/t16-/m0/s1. The third kappa shape index (κ3) is 3.48. The maximum atomic E-state index is 13.3. The molecule has 0 amide bonds. The van der Waals surface area contributed by atoms with Crippen molar-refractivity contribution in [2.45, 2.75) is 37.8 Å². The minimum Gasteiger partial charge on any atom is -0.383 e.